The molecule has 0 aromatic heterocycles. The first-order valence-corrected chi connectivity index (χ1v) is 10.5. The summed E-state index contributed by atoms with van der Waals surface area (Å²) in [5.41, 5.74) is 6.26. The van der Waals surface area contributed by atoms with Crippen molar-refractivity contribution in [2.45, 2.75) is 71.3 Å². The second-order valence-corrected chi connectivity index (χ2v) is 9.48. The Labute approximate surface area is 173 Å². The van der Waals surface area contributed by atoms with Gasteiger partial charge in [-0.3, -0.25) is 9.59 Å². The van der Waals surface area contributed by atoms with E-state index < -0.39 is 0 Å². The highest BCUT2D eigenvalue weighted by atomic mass is 35.5. The van der Waals surface area contributed by atoms with Gasteiger partial charge in [-0.2, -0.15) is 0 Å². The predicted molar refractivity (Wildman–Crippen MR) is 108 cm³/mol. The van der Waals surface area contributed by atoms with Crippen molar-refractivity contribution in [2.24, 2.45) is 39.5 Å². The molecule has 4 rings (SSSR count). The highest BCUT2D eigenvalue weighted by Crippen LogP contribution is 2.61. The van der Waals surface area contributed by atoms with Gasteiger partial charge in [-0.15, -0.1) is 12.4 Å². The molecule has 1 heterocycles. The van der Waals surface area contributed by atoms with Gasteiger partial charge in [0.1, 0.15) is 18.5 Å². The Hall–Kier alpha value is -1.14. The third kappa shape index (κ3) is 3.36. The molecule has 4 fully saturated rings. The van der Waals surface area contributed by atoms with Crippen molar-refractivity contribution >= 4 is 29.9 Å². The van der Waals surface area contributed by atoms with Crippen molar-refractivity contribution < 1.29 is 19.2 Å². The first kappa shape index (κ1) is 21.6. The van der Waals surface area contributed by atoms with E-state index in [1.807, 2.05) is 0 Å². The number of ether oxygens (including phenoxy) is 1. The minimum absolute atomic E-state index is 0. The van der Waals surface area contributed by atoms with Crippen LogP contribution in [0.5, 0.6) is 0 Å². The SMILES string of the molecule is C[C@]12CC/C(=N/OCCN)CC1CC(=O)O[C@@H]1[C@@H]2CC[C@]2(C)C(=O)CC[C@@H]12.Cl. The quantitative estimate of drug-likeness (QED) is 0.436. The fourth-order valence-corrected chi connectivity index (χ4v) is 6.42. The van der Waals surface area contributed by atoms with Crippen LogP contribution in [0.15, 0.2) is 5.16 Å². The largest absolute Gasteiger partial charge is 0.462 e. The Kier molecular flexibility index (Phi) is 6.12. The molecule has 28 heavy (non-hydrogen) atoms. The third-order valence-corrected chi connectivity index (χ3v) is 8.20. The summed E-state index contributed by atoms with van der Waals surface area (Å²) in [4.78, 5) is 30.5. The lowest BCUT2D eigenvalue weighted by Crippen LogP contribution is -2.52. The van der Waals surface area contributed by atoms with Crippen molar-refractivity contribution in [3.8, 4) is 0 Å². The van der Waals surface area contributed by atoms with E-state index in [1.165, 1.54) is 0 Å². The molecule has 0 bridgehead atoms. The molecule has 0 radical (unpaired) electrons. The molecule has 3 aliphatic carbocycles. The topological polar surface area (TPSA) is 91.0 Å². The first-order chi connectivity index (χ1) is 12.9. The van der Waals surface area contributed by atoms with Crippen molar-refractivity contribution in [1.29, 1.82) is 0 Å². The minimum atomic E-state index is -0.297. The van der Waals surface area contributed by atoms with Crippen molar-refractivity contribution in [3.63, 3.8) is 0 Å². The van der Waals surface area contributed by atoms with Crippen molar-refractivity contribution in [1.82, 2.24) is 0 Å². The van der Waals surface area contributed by atoms with E-state index in [0.717, 1.165) is 44.2 Å². The number of ketones is 1. The molecule has 158 valence electrons. The standard InChI is InChI=1S/C21H32N2O4.ClH/c1-20-7-5-14(23-26-10-9-22)11-13(20)12-18(25)27-19-15-3-4-17(24)21(15,2)8-6-16(19)20;/h13,15-16,19H,3-12,22H2,1-2H3;1H/b23-14-;/t13?,15-,16-,19-,20-,21-;/m0./s1. The monoisotopic (exact) mass is 412 g/mol. The van der Waals surface area contributed by atoms with Gasteiger partial charge in [-0.1, -0.05) is 19.0 Å². The number of carbonyl (C=O) groups excluding carboxylic acids is 2. The average Bonchev–Trinajstić information content (AvgIpc) is 2.87. The van der Waals surface area contributed by atoms with Gasteiger partial charge >= 0.3 is 5.97 Å². The van der Waals surface area contributed by atoms with Crippen LogP contribution >= 0.6 is 12.4 Å². The molecule has 2 N–H and O–H groups in total. The Balaban J connectivity index is 0.00000225. The maximum absolute atomic E-state index is 12.7. The van der Waals surface area contributed by atoms with Gasteiger partial charge < -0.3 is 15.3 Å². The average molecular weight is 413 g/mol. The molecule has 3 saturated carbocycles. The van der Waals surface area contributed by atoms with Crippen LogP contribution in [-0.2, 0) is 19.2 Å². The summed E-state index contributed by atoms with van der Waals surface area (Å²) in [5.74, 6) is 1.01. The number of halogens is 1. The summed E-state index contributed by atoms with van der Waals surface area (Å²) < 4.78 is 6.05. The number of Topliss-reactive ketones (excluding diaryl/α,β-unsaturated/α-hetero) is 1. The van der Waals surface area contributed by atoms with E-state index in [0.29, 0.717) is 37.7 Å². The number of fused-ring (bicyclic) bond motifs is 5. The number of hydrogen-bond acceptors (Lipinski definition) is 6. The minimum Gasteiger partial charge on any atom is -0.462 e. The fourth-order valence-electron chi connectivity index (χ4n) is 6.42. The number of hydrogen-bond donors (Lipinski definition) is 1. The van der Waals surface area contributed by atoms with E-state index in [9.17, 15) is 9.59 Å². The van der Waals surface area contributed by atoms with E-state index in [1.54, 1.807) is 0 Å². The summed E-state index contributed by atoms with van der Waals surface area (Å²) in [7, 11) is 0. The molecule has 1 saturated heterocycles. The summed E-state index contributed by atoms with van der Waals surface area (Å²) in [6.07, 6.45) is 6.42. The number of carbonyl (C=O) groups is 2. The van der Waals surface area contributed by atoms with Crippen LogP contribution in [0.3, 0.4) is 0 Å². The normalized spacial score (nSPS) is 43.9. The van der Waals surface area contributed by atoms with Crippen LogP contribution in [0, 0.1) is 28.6 Å². The molecule has 0 amide bonds. The Morgan fingerprint density at radius 2 is 1.93 bits per heavy atom. The van der Waals surface area contributed by atoms with E-state index in [-0.39, 0.29) is 47.1 Å². The highest BCUT2D eigenvalue weighted by Gasteiger charge is 2.61. The van der Waals surface area contributed by atoms with Crippen LogP contribution in [0.1, 0.15) is 65.2 Å². The van der Waals surface area contributed by atoms with Crippen LogP contribution < -0.4 is 5.73 Å². The van der Waals surface area contributed by atoms with Crippen LogP contribution in [0.25, 0.3) is 0 Å². The van der Waals surface area contributed by atoms with Gasteiger partial charge in [0.05, 0.1) is 5.71 Å². The molecule has 0 aromatic rings. The second kappa shape index (κ2) is 7.94. The van der Waals surface area contributed by atoms with Gasteiger partial charge in [0.25, 0.3) is 0 Å². The summed E-state index contributed by atoms with van der Waals surface area (Å²) in [6.45, 7) is 5.32. The van der Waals surface area contributed by atoms with Crippen molar-refractivity contribution in [3.05, 3.63) is 0 Å². The van der Waals surface area contributed by atoms with E-state index in [4.69, 9.17) is 15.3 Å². The lowest BCUT2D eigenvalue weighted by Gasteiger charge is -2.52. The smallest absolute Gasteiger partial charge is 0.306 e. The molecular formula is C21H33ClN2O4. The molecule has 7 heteroatoms. The zero-order valence-corrected chi connectivity index (χ0v) is 17.8. The lowest BCUT2D eigenvalue weighted by molar-refractivity contribution is -0.165. The molecule has 6 nitrogen and oxygen atoms in total. The molecule has 0 aromatic carbocycles. The number of esters is 1. The zero-order chi connectivity index (χ0) is 19.2. The van der Waals surface area contributed by atoms with E-state index >= 15 is 0 Å². The Morgan fingerprint density at radius 3 is 2.68 bits per heavy atom. The van der Waals surface area contributed by atoms with Gasteiger partial charge in [-0.25, -0.2) is 0 Å². The molecule has 1 unspecified atom stereocenters. The number of nitrogens with zero attached hydrogens (tertiary/aromatic N) is 1. The molecular weight excluding hydrogens is 380 g/mol. The summed E-state index contributed by atoms with van der Waals surface area (Å²) in [6, 6.07) is 0. The van der Waals surface area contributed by atoms with Crippen LogP contribution in [-0.4, -0.2) is 36.7 Å². The first-order valence-electron chi connectivity index (χ1n) is 10.5. The summed E-state index contributed by atoms with van der Waals surface area (Å²) >= 11 is 0. The van der Waals surface area contributed by atoms with Crippen LogP contribution in [0.4, 0.5) is 0 Å². The third-order valence-electron chi connectivity index (χ3n) is 8.20. The predicted octanol–water partition coefficient (Wildman–Crippen LogP) is 3.26. The van der Waals surface area contributed by atoms with Crippen molar-refractivity contribution in [2.75, 3.05) is 13.2 Å². The maximum Gasteiger partial charge on any atom is 0.306 e. The van der Waals surface area contributed by atoms with Crippen LogP contribution in [0.2, 0.25) is 0 Å². The lowest BCUT2D eigenvalue weighted by atomic mass is 9.52. The van der Waals surface area contributed by atoms with Gasteiger partial charge in [0.2, 0.25) is 0 Å². The molecule has 4 aliphatic rings. The van der Waals surface area contributed by atoms with Gasteiger partial charge in [0, 0.05) is 36.6 Å². The maximum atomic E-state index is 12.7. The molecule has 0 spiro atoms. The Morgan fingerprint density at radius 1 is 1.14 bits per heavy atom. The number of nitrogens with two attached hydrogens (primary N) is 1. The highest BCUT2D eigenvalue weighted by molar-refractivity contribution is 5.88. The second-order valence-electron chi connectivity index (χ2n) is 9.48. The van der Waals surface area contributed by atoms with Gasteiger partial charge in [-0.05, 0) is 49.9 Å². The molecule has 1 aliphatic heterocycles. The zero-order valence-electron chi connectivity index (χ0n) is 16.9. The number of oxime groups is 1. The van der Waals surface area contributed by atoms with Gasteiger partial charge in [0.15, 0.2) is 0 Å². The van der Waals surface area contributed by atoms with E-state index in [2.05, 4.69) is 19.0 Å². The number of rotatable bonds is 3. The molecule has 6 atom stereocenters. The fraction of sp³-hybridized carbons (Fsp3) is 0.857. The Bertz CT molecular complexity index is 669. The summed E-state index contributed by atoms with van der Waals surface area (Å²) in [5, 5.41) is 4.27.